The maximum atomic E-state index is 10.6. The largest absolute Gasteiger partial charge is 0.481 e. The fourth-order valence-electron chi connectivity index (χ4n) is 3.57. The van der Waals surface area contributed by atoms with Crippen molar-refractivity contribution < 1.29 is 14.4 Å². The molecule has 172 valence electrons. The number of hydrogen-bond acceptors (Lipinski definition) is 6. The molecular weight excluding hydrogens is 452 g/mol. The van der Waals surface area contributed by atoms with Crippen LogP contribution in [0.4, 0.5) is 0 Å². The molecule has 8 heteroatoms. The molecule has 0 aliphatic rings. The molecular formula is C26H23ClN4O3. The average molecular weight is 475 g/mol. The summed E-state index contributed by atoms with van der Waals surface area (Å²) in [5.41, 5.74) is 6.20. The van der Waals surface area contributed by atoms with E-state index in [1.54, 1.807) is 0 Å². The topological polar surface area (TPSA) is 112 Å². The predicted molar refractivity (Wildman–Crippen MR) is 131 cm³/mol. The van der Waals surface area contributed by atoms with Crippen LogP contribution in [0.25, 0.3) is 34.0 Å². The Kier molecular flexibility index (Phi) is 8.14. The van der Waals surface area contributed by atoms with Gasteiger partial charge in [-0.05, 0) is 47.4 Å². The van der Waals surface area contributed by atoms with Crippen LogP contribution >= 0.6 is 12.4 Å². The molecule has 34 heavy (non-hydrogen) atoms. The number of nitriles is 1. The second kappa shape index (κ2) is 11.2. The molecule has 1 heterocycles. The molecule has 0 amide bonds. The fourth-order valence-corrected chi connectivity index (χ4v) is 3.57. The quantitative estimate of drug-likeness (QED) is 0.336. The van der Waals surface area contributed by atoms with E-state index < -0.39 is 5.97 Å². The molecule has 4 rings (SSSR count). The summed E-state index contributed by atoms with van der Waals surface area (Å²) in [5, 5.41) is 25.3. The number of aliphatic carboxylic acids is 1. The smallest absolute Gasteiger partial charge is 0.304 e. The van der Waals surface area contributed by atoms with Crippen molar-refractivity contribution in [2.24, 2.45) is 0 Å². The molecule has 7 nitrogen and oxygen atoms in total. The van der Waals surface area contributed by atoms with Crippen molar-refractivity contribution >= 4 is 18.4 Å². The van der Waals surface area contributed by atoms with Gasteiger partial charge in [-0.15, -0.1) is 12.4 Å². The van der Waals surface area contributed by atoms with E-state index in [4.69, 9.17) is 9.63 Å². The number of rotatable bonds is 8. The van der Waals surface area contributed by atoms with Gasteiger partial charge in [0.05, 0.1) is 18.1 Å². The fraction of sp³-hybridized carbons (Fsp3) is 0.154. The van der Waals surface area contributed by atoms with Gasteiger partial charge in [0.25, 0.3) is 5.89 Å². The Balaban J connectivity index is 0.00000324. The van der Waals surface area contributed by atoms with Crippen molar-refractivity contribution in [1.82, 2.24) is 15.5 Å². The van der Waals surface area contributed by atoms with Crippen molar-refractivity contribution in [3.8, 4) is 40.0 Å². The number of benzene rings is 3. The molecule has 4 aromatic rings. The highest BCUT2D eigenvalue weighted by Crippen LogP contribution is 2.30. The number of nitrogens with one attached hydrogen (secondary N) is 1. The third-order valence-electron chi connectivity index (χ3n) is 5.29. The molecule has 1 aromatic heterocycles. The first-order chi connectivity index (χ1) is 16.0. The van der Waals surface area contributed by atoms with Crippen LogP contribution in [0.3, 0.4) is 0 Å². The first kappa shape index (κ1) is 24.6. The number of halogens is 1. The summed E-state index contributed by atoms with van der Waals surface area (Å²) in [6, 6.07) is 23.4. The molecule has 2 N–H and O–H groups in total. The van der Waals surface area contributed by atoms with E-state index in [0.29, 0.717) is 30.4 Å². The summed E-state index contributed by atoms with van der Waals surface area (Å²) >= 11 is 0. The van der Waals surface area contributed by atoms with E-state index in [9.17, 15) is 10.1 Å². The lowest BCUT2D eigenvalue weighted by Crippen LogP contribution is -2.17. The summed E-state index contributed by atoms with van der Waals surface area (Å²) in [6.45, 7) is 3.00. The molecule has 0 saturated carbocycles. The summed E-state index contributed by atoms with van der Waals surface area (Å²) in [6.07, 6.45) is 0.0923. The third kappa shape index (κ3) is 5.67. The molecule has 0 saturated heterocycles. The molecule has 0 fully saturated rings. The van der Waals surface area contributed by atoms with Crippen LogP contribution in [0.15, 0.2) is 71.3 Å². The molecule has 0 radical (unpaired) electrons. The zero-order valence-corrected chi connectivity index (χ0v) is 19.3. The lowest BCUT2D eigenvalue weighted by atomic mass is 9.95. The molecule has 0 atom stereocenters. The van der Waals surface area contributed by atoms with Crippen LogP contribution in [-0.4, -0.2) is 27.8 Å². The zero-order chi connectivity index (χ0) is 23.2. The van der Waals surface area contributed by atoms with Crippen molar-refractivity contribution in [3.63, 3.8) is 0 Å². The van der Waals surface area contributed by atoms with Crippen molar-refractivity contribution in [2.75, 3.05) is 6.54 Å². The van der Waals surface area contributed by atoms with Gasteiger partial charge in [-0.1, -0.05) is 53.7 Å². The molecule has 0 aliphatic heterocycles. The van der Waals surface area contributed by atoms with Crippen molar-refractivity contribution in [3.05, 3.63) is 83.4 Å². The highest BCUT2D eigenvalue weighted by molar-refractivity contribution is 5.85. The second-order valence-corrected chi connectivity index (χ2v) is 7.63. The first-order valence-corrected chi connectivity index (χ1v) is 10.5. The van der Waals surface area contributed by atoms with Crippen LogP contribution in [0.2, 0.25) is 0 Å². The highest BCUT2D eigenvalue weighted by Gasteiger charge is 2.13. The average Bonchev–Trinajstić information content (AvgIpc) is 3.32. The predicted octanol–water partition coefficient (Wildman–Crippen LogP) is 5.24. The molecule has 0 spiro atoms. The van der Waals surface area contributed by atoms with Gasteiger partial charge < -0.3 is 14.9 Å². The third-order valence-corrected chi connectivity index (χ3v) is 5.29. The minimum atomic E-state index is -0.817. The van der Waals surface area contributed by atoms with Crippen molar-refractivity contribution in [1.29, 1.82) is 5.26 Å². The minimum Gasteiger partial charge on any atom is -0.481 e. The monoisotopic (exact) mass is 474 g/mol. The van der Waals surface area contributed by atoms with Gasteiger partial charge in [0.1, 0.15) is 0 Å². The van der Waals surface area contributed by atoms with Gasteiger partial charge in [-0.3, -0.25) is 4.79 Å². The summed E-state index contributed by atoms with van der Waals surface area (Å²) in [7, 11) is 0. The summed E-state index contributed by atoms with van der Waals surface area (Å²) in [5.74, 6) is 0.0992. The number of aryl methyl sites for hydroxylation is 1. The SMILES string of the molecule is Cc1cc(-c2nc(-c3ccc(CNCCC(=O)O)cc3)no2)ccc1-c1ccccc1C#N.Cl. The van der Waals surface area contributed by atoms with Crippen LogP contribution < -0.4 is 5.32 Å². The second-order valence-electron chi connectivity index (χ2n) is 7.63. The molecule has 0 aliphatic carbocycles. The van der Waals surface area contributed by atoms with E-state index >= 15 is 0 Å². The molecule has 3 aromatic carbocycles. The lowest BCUT2D eigenvalue weighted by molar-refractivity contribution is -0.136. The Morgan fingerprint density at radius 1 is 1.06 bits per heavy atom. The molecule has 0 bridgehead atoms. The summed E-state index contributed by atoms with van der Waals surface area (Å²) < 4.78 is 5.50. The van der Waals surface area contributed by atoms with E-state index in [0.717, 1.165) is 33.4 Å². The minimum absolute atomic E-state index is 0. The number of carbonyl (C=O) groups is 1. The van der Waals surface area contributed by atoms with Gasteiger partial charge in [-0.2, -0.15) is 10.2 Å². The van der Waals surface area contributed by atoms with E-state index in [2.05, 4.69) is 21.5 Å². The van der Waals surface area contributed by atoms with E-state index in [1.165, 1.54) is 0 Å². The standard InChI is InChI=1S/C26H22N4O3.ClH/c1-17-14-20(10-11-22(17)23-5-3-2-4-21(23)15-27)26-29-25(30-33-26)19-8-6-18(7-9-19)16-28-13-12-24(31)32;/h2-11,14,28H,12-13,16H2,1H3,(H,31,32);1H. The number of hydrogen-bond donors (Lipinski definition) is 2. The van der Waals surface area contributed by atoms with Crippen LogP contribution in [0.1, 0.15) is 23.1 Å². The Bertz CT molecular complexity index is 1330. The number of carboxylic acid groups (broad SMARTS) is 1. The van der Waals surface area contributed by atoms with E-state index in [-0.39, 0.29) is 18.8 Å². The number of nitrogens with zero attached hydrogens (tertiary/aromatic N) is 3. The molecule has 0 unspecified atom stereocenters. The number of carboxylic acids is 1. The first-order valence-electron chi connectivity index (χ1n) is 10.5. The Morgan fingerprint density at radius 2 is 1.79 bits per heavy atom. The number of aromatic nitrogens is 2. The van der Waals surface area contributed by atoms with Gasteiger partial charge in [-0.25, -0.2) is 0 Å². The highest BCUT2D eigenvalue weighted by atomic mass is 35.5. The Labute approximate surface area is 203 Å². The van der Waals surface area contributed by atoms with Gasteiger partial charge in [0.15, 0.2) is 0 Å². The Hall–Kier alpha value is -3.99. The van der Waals surface area contributed by atoms with Crippen molar-refractivity contribution in [2.45, 2.75) is 19.9 Å². The normalized spacial score (nSPS) is 10.4. The van der Waals surface area contributed by atoms with Gasteiger partial charge in [0, 0.05) is 24.2 Å². The summed E-state index contributed by atoms with van der Waals surface area (Å²) in [4.78, 5) is 15.1. The Morgan fingerprint density at radius 3 is 2.50 bits per heavy atom. The maximum absolute atomic E-state index is 10.6. The zero-order valence-electron chi connectivity index (χ0n) is 18.5. The lowest BCUT2D eigenvalue weighted by Gasteiger charge is -2.08. The van der Waals surface area contributed by atoms with Gasteiger partial charge in [0.2, 0.25) is 5.82 Å². The van der Waals surface area contributed by atoms with Crippen LogP contribution in [0.5, 0.6) is 0 Å². The van der Waals surface area contributed by atoms with Crippen LogP contribution in [0, 0.1) is 18.3 Å². The van der Waals surface area contributed by atoms with Gasteiger partial charge >= 0.3 is 5.97 Å². The maximum Gasteiger partial charge on any atom is 0.304 e. The van der Waals surface area contributed by atoms with E-state index in [1.807, 2.05) is 73.7 Å². The van der Waals surface area contributed by atoms with Crippen LogP contribution in [-0.2, 0) is 11.3 Å².